The molecule has 0 fully saturated rings. The molecule has 0 radical (unpaired) electrons. The van der Waals surface area contributed by atoms with E-state index in [1.165, 1.54) is 6.07 Å². The predicted octanol–water partition coefficient (Wildman–Crippen LogP) is 3.44. The quantitative estimate of drug-likeness (QED) is 0.770. The number of aryl methyl sites for hydroxylation is 1. The van der Waals surface area contributed by atoms with Gasteiger partial charge in [0.05, 0.1) is 5.33 Å². The van der Waals surface area contributed by atoms with Crippen LogP contribution in [-0.2, 0) is 11.2 Å². The number of alkyl halides is 3. The highest BCUT2D eigenvalue weighted by atomic mass is 79.9. The number of benzene rings is 1. The van der Waals surface area contributed by atoms with Crippen molar-refractivity contribution in [2.45, 2.75) is 19.8 Å². The fraction of sp³-hybridized carbons (Fsp3) is 0.364. The first kappa shape index (κ1) is 12.3. The minimum absolute atomic E-state index is 0.0377. The van der Waals surface area contributed by atoms with Crippen LogP contribution < -0.4 is 0 Å². The Morgan fingerprint density at radius 2 is 2.13 bits per heavy atom. The topological polar surface area (TPSA) is 17.1 Å². The zero-order chi connectivity index (χ0) is 11.4. The molecule has 4 heteroatoms. The van der Waals surface area contributed by atoms with Crippen molar-refractivity contribution in [1.29, 1.82) is 0 Å². The molecule has 0 heterocycles. The average molecular weight is 277 g/mol. The molecule has 1 aromatic rings. The van der Waals surface area contributed by atoms with Gasteiger partial charge >= 0.3 is 0 Å². The Morgan fingerprint density at radius 1 is 1.47 bits per heavy atom. The van der Waals surface area contributed by atoms with Crippen molar-refractivity contribution in [3.05, 3.63) is 34.9 Å². The van der Waals surface area contributed by atoms with Crippen molar-refractivity contribution >= 4 is 21.7 Å². The number of ketones is 1. The molecular formula is C11H11BrF2O. The molecule has 1 nitrogen and oxygen atoms in total. The molecule has 0 aromatic heterocycles. The van der Waals surface area contributed by atoms with Gasteiger partial charge in [-0.15, -0.1) is 0 Å². The summed E-state index contributed by atoms with van der Waals surface area (Å²) in [5.41, 5.74) is 1.16. The van der Waals surface area contributed by atoms with E-state index in [2.05, 4.69) is 15.9 Å². The lowest BCUT2D eigenvalue weighted by Crippen LogP contribution is -2.06. The molecule has 1 aromatic carbocycles. The first-order valence-corrected chi connectivity index (χ1v) is 5.62. The van der Waals surface area contributed by atoms with E-state index in [4.69, 9.17) is 0 Å². The van der Waals surface area contributed by atoms with Crippen LogP contribution in [-0.4, -0.2) is 11.1 Å². The highest BCUT2D eigenvalue weighted by Crippen LogP contribution is 2.24. The Balaban J connectivity index is 3.00. The lowest BCUT2D eigenvalue weighted by atomic mass is 10.0. The predicted molar refractivity (Wildman–Crippen MR) is 58.6 cm³/mol. The molecule has 0 atom stereocenters. The summed E-state index contributed by atoms with van der Waals surface area (Å²) in [4.78, 5) is 11.1. The van der Waals surface area contributed by atoms with E-state index < -0.39 is 6.43 Å². The van der Waals surface area contributed by atoms with E-state index in [1.807, 2.05) is 0 Å². The number of hydrogen-bond acceptors (Lipinski definition) is 1. The third-order valence-corrected chi connectivity index (χ3v) is 2.70. The van der Waals surface area contributed by atoms with E-state index in [9.17, 15) is 13.6 Å². The third kappa shape index (κ3) is 3.38. The summed E-state index contributed by atoms with van der Waals surface area (Å²) in [7, 11) is 0. The van der Waals surface area contributed by atoms with Gasteiger partial charge in [-0.2, -0.15) is 0 Å². The maximum absolute atomic E-state index is 12.6. The molecule has 0 aliphatic rings. The second-order valence-corrected chi connectivity index (χ2v) is 3.91. The Bertz CT molecular complexity index is 364. The van der Waals surface area contributed by atoms with Crippen molar-refractivity contribution in [1.82, 2.24) is 0 Å². The summed E-state index contributed by atoms with van der Waals surface area (Å²) in [6.07, 6.45) is -2.46. The van der Waals surface area contributed by atoms with Crippen molar-refractivity contribution < 1.29 is 13.6 Å². The SMILES string of the molecule is Cc1ccc(CC(=O)CBr)c(C(F)F)c1. The van der Waals surface area contributed by atoms with Gasteiger partial charge < -0.3 is 0 Å². The zero-order valence-corrected chi connectivity index (χ0v) is 9.85. The van der Waals surface area contributed by atoms with Gasteiger partial charge in [0.1, 0.15) is 5.78 Å². The number of halogens is 3. The molecule has 0 N–H and O–H groups in total. The van der Waals surface area contributed by atoms with Crippen LogP contribution in [0.3, 0.4) is 0 Å². The van der Waals surface area contributed by atoms with Crippen molar-refractivity contribution in [3.8, 4) is 0 Å². The van der Waals surface area contributed by atoms with E-state index in [0.29, 0.717) is 5.56 Å². The number of hydrogen-bond donors (Lipinski definition) is 0. The molecule has 0 aliphatic carbocycles. The minimum atomic E-state index is -2.52. The number of carbonyl (C=O) groups excluding carboxylic acids is 1. The summed E-state index contributed by atoms with van der Waals surface area (Å²) < 4.78 is 25.3. The molecule has 0 unspecified atom stereocenters. The maximum Gasteiger partial charge on any atom is 0.264 e. The van der Waals surface area contributed by atoms with E-state index >= 15 is 0 Å². The zero-order valence-electron chi connectivity index (χ0n) is 8.27. The Kier molecular flexibility index (Phi) is 4.39. The summed E-state index contributed by atoms with van der Waals surface area (Å²) in [5.74, 6) is -0.0965. The molecule has 0 aliphatic heterocycles. The van der Waals surface area contributed by atoms with Crippen LogP contribution in [0, 0.1) is 6.92 Å². The minimum Gasteiger partial charge on any atom is -0.298 e. The van der Waals surface area contributed by atoms with Crippen LogP contribution in [0.25, 0.3) is 0 Å². The van der Waals surface area contributed by atoms with Crippen LogP contribution in [0.2, 0.25) is 0 Å². The van der Waals surface area contributed by atoms with Gasteiger partial charge in [-0.25, -0.2) is 8.78 Å². The van der Waals surface area contributed by atoms with Crippen LogP contribution in [0.4, 0.5) is 8.78 Å². The highest BCUT2D eigenvalue weighted by molar-refractivity contribution is 9.09. The van der Waals surface area contributed by atoms with E-state index in [0.717, 1.165) is 5.56 Å². The molecule has 0 spiro atoms. The van der Waals surface area contributed by atoms with E-state index in [-0.39, 0.29) is 23.1 Å². The van der Waals surface area contributed by atoms with Crippen LogP contribution in [0.5, 0.6) is 0 Å². The molecule has 0 saturated carbocycles. The summed E-state index contributed by atoms with van der Waals surface area (Å²) >= 11 is 3.01. The summed E-state index contributed by atoms with van der Waals surface area (Å²) in [5, 5.41) is 0.198. The first-order valence-electron chi connectivity index (χ1n) is 4.50. The average Bonchev–Trinajstić information content (AvgIpc) is 2.20. The van der Waals surface area contributed by atoms with Crippen molar-refractivity contribution in [2.24, 2.45) is 0 Å². The lowest BCUT2D eigenvalue weighted by molar-refractivity contribution is -0.115. The molecule has 0 amide bonds. The largest absolute Gasteiger partial charge is 0.298 e. The first-order chi connectivity index (χ1) is 7.04. The molecule has 0 bridgehead atoms. The smallest absolute Gasteiger partial charge is 0.264 e. The Hall–Kier alpha value is -0.770. The third-order valence-electron chi connectivity index (χ3n) is 2.07. The van der Waals surface area contributed by atoms with Gasteiger partial charge in [-0.05, 0) is 12.5 Å². The summed E-state index contributed by atoms with van der Waals surface area (Å²) in [6, 6.07) is 4.77. The monoisotopic (exact) mass is 276 g/mol. The Morgan fingerprint density at radius 3 is 2.67 bits per heavy atom. The van der Waals surface area contributed by atoms with Gasteiger partial charge in [0.15, 0.2) is 0 Å². The number of carbonyl (C=O) groups is 1. The van der Waals surface area contributed by atoms with Crippen molar-refractivity contribution in [2.75, 3.05) is 5.33 Å². The van der Waals surface area contributed by atoms with Crippen LogP contribution in [0.15, 0.2) is 18.2 Å². The second-order valence-electron chi connectivity index (χ2n) is 3.35. The summed E-state index contributed by atoms with van der Waals surface area (Å²) in [6.45, 7) is 1.75. The molecule has 15 heavy (non-hydrogen) atoms. The number of Topliss-reactive ketones (excluding diaryl/α,β-unsaturated/α-hetero) is 1. The molecule has 0 saturated heterocycles. The van der Waals surface area contributed by atoms with Crippen LogP contribution in [0.1, 0.15) is 23.1 Å². The fourth-order valence-electron chi connectivity index (χ4n) is 1.34. The lowest BCUT2D eigenvalue weighted by Gasteiger charge is -2.08. The van der Waals surface area contributed by atoms with Crippen molar-refractivity contribution in [3.63, 3.8) is 0 Å². The fourth-order valence-corrected chi connectivity index (χ4v) is 1.54. The highest BCUT2D eigenvalue weighted by Gasteiger charge is 2.14. The Labute approximate surface area is 95.6 Å². The van der Waals surface area contributed by atoms with Gasteiger partial charge in [0.25, 0.3) is 6.43 Å². The van der Waals surface area contributed by atoms with Gasteiger partial charge in [-0.1, -0.05) is 39.7 Å². The van der Waals surface area contributed by atoms with Gasteiger partial charge in [0.2, 0.25) is 0 Å². The second kappa shape index (κ2) is 5.35. The molecule has 1 rings (SSSR count). The molecule has 82 valence electrons. The number of rotatable bonds is 4. The van der Waals surface area contributed by atoms with Gasteiger partial charge in [0, 0.05) is 12.0 Å². The molecular weight excluding hydrogens is 266 g/mol. The van der Waals surface area contributed by atoms with Gasteiger partial charge in [-0.3, -0.25) is 4.79 Å². The van der Waals surface area contributed by atoms with Crippen LogP contribution >= 0.6 is 15.9 Å². The maximum atomic E-state index is 12.6. The standard InChI is InChI=1S/C11H11BrF2O/c1-7-2-3-8(5-9(15)6-12)10(4-7)11(13)14/h2-4,11H,5-6H2,1H3. The normalized spacial score (nSPS) is 10.7. The van der Waals surface area contributed by atoms with E-state index in [1.54, 1.807) is 19.1 Å².